The second-order valence-electron chi connectivity index (χ2n) is 6.90. The summed E-state index contributed by atoms with van der Waals surface area (Å²) >= 11 is 5.83. The molecule has 1 aliphatic heterocycles. The molecule has 0 unspecified atom stereocenters. The number of benzene rings is 1. The molecule has 1 saturated heterocycles. The normalized spacial score (nSPS) is 15.1. The van der Waals surface area contributed by atoms with Gasteiger partial charge in [0.2, 0.25) is 5.88 Å². The van der Waals surface area contributed by atoms with E-state index >= 15 is 0 Å². The van der Waals surface area contributed by atoms with Gasteiger partial charge < -0.3 is 14.4 Å². The first-order valence-electron chi connectivity index (χ1n) is 8.48. The summed E-state index contributed by atoms with van der Waals surface area (Å²) < 4.78 is 49.4. The van der Waals surface area contributed by atoms with Crippen LogP contribution >= 0.6 is 11.6 Å². The van der Waals surface area contributed by atoms with Crippen molar-refractivity contribution >= 4 is 17.5 Å². The number of aromatic nitrogens is 1. The summed E-state index contributed by atoms with van der Waals surface area (Å²) in [5.74, 6) is 0.132. The van der Waals surface area contributed by atoms with Crippen molar-refractivity contribution in [3.05, 3.63) is 53.2 Å². The van der Waals surface area contributed by atoms with Crippen molar-refractivity contribution in [3.8, 4) is 11.6 Å². The molecule has 0 radical (unpaired) electrons. The van der Waals surface area contributed by atoms with Crippen LogP contribution in [0.1, 0.15) is 19.4 Å². The predicted octanol–water partition coefficient (Wildman–Crippen LogP) is 4.20. The molecule has 1 aromatic carbocycles. The second-order valence-corrected chi connectivity index (χ2v) is 7.33. The molecule has 28 heavy (non-hydrogen) atoms. The van der Waals surface area contributed by atoms with E-state index in [1.54, 1.807) is 38.1 Å². The number of rotatable bonds is 5. The van der Waals surface area contributed by atoms with Crippen molar-refractivity contribution in [2.75, 3.05) is 13.1 Å². The molecule has 0 aliphatic carbocycles. The van der Waals surface area contributed by atoms with Crippen LogP contribution in [-0.2, 0) is 11.0 Å². The summed E-state index contributed by atoms with van der Waals surface area (Å²) in [5, 5.41) is 0.558. The molecule has 1 aliphatic rings. The van der Waals surface area contributed by atoms with Crippen molar-refractivity contribution in [2.45, 2.75) is 31.7 Å². The minimum Gasteiger partial charge on any atom is -0.478 e. The zero-order valence-corrected chi connectivity index (χ0v) is 15.9. The maximum Gasteiger partial charge on any atom is 0.416 e. The Labute approximate surface area is 165 Å². The zero-order chi connectivity index (χ0) is 20.5. The Kier molecular flexibility index (Phi) is 5.43. The number of nitrogens with zero attached hydrogens (tertiary/aromatic N) is 2. The molecule has 0 atom stereocenters. The summed E-state index contributed by atoms with van der Waals surface area (Å²) in [6, 6.07) is 8.37. The number of carbonyl (C=O) groups is 1. The van der Waals surface area contributed by atoms with Crippen molar-refractivity contribution in [3.63, 3.8) is 0 Å². The van der Waals surface area contributed by atoms with Gasteiger partial charge in [-0.2, -0.15) is 13.2 Å². The van der Waals surface area contributed by atoms with Gasteiger partial charge >= 0.3 is 6.18 Å². The first-order valence-corrected chi connectivity index (χ1v) is 8.86. The summed E-state index contributed by atoms with van der Waals surface area (Å²) in [7, 11) is 0. The van der Waals surface area contributed by atoms with Gasteiger partial charge in [0.1, 0.15) is 11.9 Å². The van der Waals surface area contributed by atoms with E-state index in [1.807, 2.05) is 0 Å². The third kappa shape index (κ3) is 4.67. The highest BCUT2D eigenvalue weighted by atomic mass is 35.5. The van der Waals surface area contributed by atoms with Crippen LogP contribution in [0.25, 0.3) is 0 Å². The number of halogens is 4. The Morgan fingerprint density at radius 3 is 2.43 bits per heavy atom. The van der Waals surface area contributed by atoms with E-state index in [4.69, 9.17) is 21.1 Å². The van der Waals surface area contributed by atoms with Gasteiger partial charge in [0.15, 0.2) is 5.60 Å². The fourth-order valence-corrected chi connectivity index (χ4v) is 2.85. The van der Waals surface area contributed by atoms with Crippen molar-refractivity contribution in [2.24, 2.45) is 0 Å². The molecule has 9 heteroatoms. The summed E-state index contributed by atoms with van der Waals surface area (Å²) in [5.41, 5.74) is -1.95. The van der Waals surface area contributed by atoms with Gasteiger partial charge in [-0.25, -0.2) is 4.98 Å². The van der Waals surface area contributed by atoms with E-state index in [0.29, 0.717) is 10.8 Å². The van der Waals surface area contributed by atoms with E-state index in [2.05, 4.69) is 4.98 Å². The van der Waals surface area contributed by atoms with Crippen LogP contribution in [-0.4, -0.2) is 40.6 Å². The molecular weight excluding hydrogens is 397 g/mol. The summed E-state index contributed by atoms with van der Waals surface area (Å²) in [4.78, 5) is 18.0. The number of hydrogen-bond acceptors (Lipinski definition) is 4. The number of alkyl halides is 3. The van der Waals surface area contributed by atoms with Gasteiger partial charge in [0.25, 0.3) is 5.91 Å². The fourth-order valence-electron chi connectivity index (χ4n) is 2.72. The SMILES string of the molecule is CC(C)(Oc1ccc(Cl)cc1)C(=O)N1CC(Oc2cc(C(F)(F)F)ccn2)C1. The lowest BCUT2D eigenvalue weighted by molar-refractivity contribution is -0.154. The molecule has 1 aromatic heterocycles. The van der Waals surface area contributed by atoms with Gasteiger partial charge in [-0.3, -0.25) is 4.79 Å². The standard InChI is InChI=1S/C19H18ClF3N2O3/c1-18(2,28-14-5-3-13(20)4-6-14)17(26)25-10-15(11-25)27-16-9-12(7-8-24-16)19(21,22)23/h3-9,15H,10-11H2,1-2H3. The number of likely N-dealkylation sites (tertiary alicyclic amines) is 1. The van der Waals surface area contributed by atoms with Crippen LogP contribution in [0, 0.1) is 0 Å². The predicted molar refractivity (Wildman–Crippen MR) is 96.4 cm³/mol. The molecule has 0 saturated carbocycles. The lowest BCUT2D eigenvalue weighted by Crippen LogP contribution is -2.61. The maximum atomic E-state index is 12.7. The third-order valence-electron chi connectivity index (χ3n) is 4.19. The molecule has 1 amide bonds. The Morgan fingerprint density at radius 1 is 1.18 bits per heavy atom. The van der Waals surface area contributed by atoms with E-state index in [1.165, 1.54) is 4.90 Å². The molecule has 2 aromatic rings. The molecule has 1 fully saturated rings. The molecule has 150 valence electrons. The first-order chi connectivity index (χ1) is 13.0. The minimum absolute atomic E-state index is 0.122. The number of amides is 1. The monoisotopic (exact) mass is 414 g/mol. The highest BCUT2D eigenvalue weighted by Crippen LogP contribution is 2.31. The lowest BCUT2D eigenvalue weighted by atomic mass is 10.0. The minimum atomic E-state index is -4.47. The summed E-state index contributed by atoms with van der Waals surface area (Å²) in [6.07, 6.45) is -3.85. The highest BCUT2D eigenvalue weighted by Gasteiger charge is 2.41. The zero-order valence-electron chi connectivity index (χ0n) is 15.2. The van der Waals surface area contributed by atoms with Gasteiger partial charge in [-0.15, -0.1) is 0 Å². The van der Waals surface area contributed by atoms with Crippen molar-refractivity contribution < 1.29 is 27.4 Å². The van der Waals surface area contributed by atoms with E-state index in [9.17, 15) is 18.0 Å². The van der Waals surface area contributed by atoms with E-state index in [0.717, 1.165) is 18.3 Å². The number of hydrogen-bond donors (Lipinski definition) is 0. The van der Waals surface area contributed by atoms with Crippen LogP contribution < -0.4 is 9.47 Å². The molecule has 0 N–H and O–H groups in total. The average Bonchev–Trinajstić information content (AvgIpc) is 2.58. The van der Waals surface area contributed by atoms with Crippen LogP contribution in [0.5, 0.6) is 11.6 Å². The molecule has 0 spiro atoms. The third-order valence-corrected chi connectivity index (χ3v) is 4.44. The second kappa shape index (κ2) is 7.50. The smallest absolute Gasteiger partial charge is 0.416 e. The van der Waals surface area contributed by atoms with Gasteiger partial charge in [0.05, 0.1) is 18.7 Å². The van der Waals surface area contributed by atoms with Crippen LogP contribution in [0.2, 0.25) is 5.02 Å². The number of pyridine rings is 1. The van der Waals surface area contributed by atoms with Crippen LogP contribution in [0.4, 0.5) is 13.2 Å². The van der Waals surface area contributed by atoms with Gasteiger partial charge in [-0.1, -0.05) is 11.6 Å². The maximum absolute atomic E-state index is 12.7. The molecule has 5 nitrogen and oxygen atoms in total. The van der Waals surface area contributed by atoms with Gasteiger partial charge in [-0.05, 0) is 44.2 Å². The van der Waals surface area contributed by atoms with E-state index < -0.39 is 23.4 Å². The Hall–Kier alpha value is -2.48. The Balaban J connectivity index is 1.55. The highest BCUT2D eigenvalue weighted by molar-refractivity contribution is 6.30. The number of ether oxygens (including phenoxy) is 2. The van der Waals surface area contributed by atoms with Crippen LogP contribution in [0.15, 0.2) is 42.6 Å². The lowest BCUT2D eigenvalue weighted by Gasteiger charge is -2.42. The van der Waals surface area contributed by atoms with Gasteiger partial charge in [0, 0.05) is 17.3 Å². The molecule has 3 rings (SSSR count). The Bertz CT molecular complexity index is 850. The van der Waals surface area contributed by atoms with E-state index in [-0.39, 0.29) is 24.9 Å². The van der Waals surface area contributed by atoms with Crippen LogP contribution in [0.3, 0.4) is 0 Å². The largest absolute Gasteiger partial charge is 0.478 e. The van der Waals surface area contributed by atoms with Crippen molar-refractivity contribution in [1.82, 2.24) is 9.88 Å². The van der Waals surface area contributed by atoms with Crippen molar-refractivity contribution in [1.29, 1.82) is 0 Å². The number of carbonyl (C=O) groups excluding carboxylic acids is 1. The molecular formula is C19H18ClF3N2O3. The topological polar surface area (TPSA) is 51.7 Å². The first kappa shape index (κ1) is 20.3. The average molecular weight is 415 g/mol. The Morgan fingerprint density at radius 2 is 1.82 bits per heavy atom. The molecule has 0 bridgehead atoms. The quantitative estimate of drug-likeness (QED) is 0.735. The molecule has 2 heterocycles. The fraction of sp³-hybridized carbons (Fsp3) is 0.368. The summed E-state index contributed by atoms with van der Waals surface area (Å²) in [6.45, 7) is 3.77.